The van der Waals surface area contributed by atoms with E-state index in [1.165, 1.54) is 71.3 Å². The molecule has 0 N–H and O–H groups in total. The summed E-state index contributed by atoms with van der Waals surface area (Å²) in [6.45, 7) is 0. The average Bonchev–Trinajstić information content (AvgIpc) is 3.66. The molecule has 0 fully saturated rings. The third-order valence-electron chi connectivity index (χ3n) is 12.2. The number of rotatable bonds is 6. The Hall–Kier alpha value is -8.01. The van der Waals surface area contributed by atoms with Crippen molar-refractivity contribution in [1.82, 2.24) is 15.0 Å². The van der Waals surface area contributed by atoms with Gasteiger partial charge in [0.15, 0.2) is 5.82 Å². The molecule has 3 heteroatoms. The summed E-state index contributed by atoms with van der Waals surface area (Å²) < 4.78 is 0. The number of hydrogen-bond acceptors (Lipinski definition) is 3. The zero-order valence-electron chi connectivity index (χ0n) is 32.5. The van der Waals surface area contributed by atoms with Gasteiger partial charge < -0.3 is 0 Å². The Bertz CT molecular complexity index is 3410. The SMILES string of the molecule is c1cncc(-c2ccc(-c3cc(-c4ccc(-c5ccc6c7c(cccc57)-c5ccccc5-6)cc4)nc(-c4ccc(-c5cc6ccccc6c6ccccc56)cc4)n3)cc2)c1. The van der Waals surface area contributed by atoms with Gasteiger partial charge in [-0.2, -0.15) is 0 Å². The fourth-order valence-corrected chi connectivity index (χ4v) is 9.21. The van der Waals surface area contributed by atoms with Crippen LogP contribution in [0.1, 0.15) is 0 Å². The van der Waals surface area contributed by atoms with E-state index in [4.69, 9.17) is 9.97 Å². The molecule has 0 unspecified atom stereocenters. The summed E-state index contributed by atoms with van der Waals surface area (Å²) in [5.74, 6) is 0.685. The summed E-state index contributed by atoms with van der Waals surface area (Å²) in [6, 6.07) is 71.9. The lowest BCUT2D eigenvalue weighted by Gasteiger charge is -2.13. The molecule has 0 bridgehead atoms. The van der Waals surface area contributed by atoms with Crippen LogP contribution in [0.3, 0.4) is 0 Å². The Morgan fingerprint density at radius 2 is 0.817 bits per heavy atom. The van der Waals surface area contributed by atoms with Crippen LogP contribution >= 0.6 is 0 Å². The minimum absolute atomic E-state index is 0.685. The van der Waals surface area contributed by atoms with E-state index in [2.05, 4.69) is 199 Å². The topological polar surface area (TPSA) is 38.7 Å². The number of aromatic nitrogens is 3. The first-order valence-electron chi connectivity index (χ1n) is 20.4. The minimum atomic E-state index is 0.685. The van der Waals surface area contributed by atoms with Crippen LogP contribution in [0.4, 0.5) is 0 Å². The molecule has 0 saturated heterocycles. The maximum Gasteiger partial charge on any atom is 0.160 e. The lowest BCUT2D eigenvalue weighted by atomic mass is 9.93. The van der Waals surface area contributed by atoms with Gasteiger partial charge >= 0.3 is 0 Å². The largest absolute Gasteiger partial charge is 0.264 e. The second kappa shape index (κ2) is 13.8. The van der Waals surface area contributed by atoms with Gasteiger partial charge in [0.05, 0.1) is 11.4 Å². The Morgan fingerprint density at radius 3 is 1.52 bits per heavy atom. The first kappa shape index (κ1) is 34.1. The summed E-state index contributed by atoms with van der Waals surface area (Å²) >= 11 is 0. The molecule has 12 rings (SSSR count). The van der Waals surface area contributed by atoms with Crippen LogP contribution in [-0.2, 0) is 0 Å². The molecule has 278 valence electrons. The Kier molecular flexibility index (Phi) is 7.85. The lowest BCUT2D eigenvalue weighted by molar-refractivity contribution is 1.18. The highest BCUT2D eigenvalue weighted by Crippen LogP contribution is 2.49. The molecule has 60 heavy (non-hydrogen) atoms. The Morgan fingerprint density at radius 1 is 0.283 bits per heavy atom. The van der Waals surface area contributed by atoms with Crippen molar-refractivity contribution >= 4 is 32.3 Å². The molecular weight excluding hydrogens is 727 g/mol. The van der Waals surface area contributed by atoms with Gasteiger partial charge in [-0.05, 0) is 106 Å². The van der Waals surface area contributed by atoms with E-state index in [0.717, 1.165) is 44.8 Å². The zero-order valence-corrected chi connectivity index (χ0v) is 32.5. The van der Waals surface area contributed by atoms with E-state index in [9.17, 15) is 0 Å². The molecule has 1 aliphatic rings. The van der Waals surface area contributed by atoms with Gasteiger partial charge in [-0.1, -0.05) is 182 Å². The third kappa shape index (κ3) is 5.63. The number of pyridine rings is 1. The van der Waals surface area contributed by atoms with Crippen LogP contribution < -0.4 is 0 Å². The molecule has 0 amide bonds. The van der Waals surface area contributed by atoms with E-state index in [0.29, 0.717) is 5.82 Å². The highest BCUT2D eigenvalue weighted by Gasteiger charge is 2.22. The van der Waals surface area contributed by atoms with Crippen molar-refractivity contribution in [3.63, 3.8) is 0 Å². The van der Waals surface area contributed by atoms with Crippen LogP contribution in [0.5, 0.6) is 0 Å². The van der Waals surface area contributed by atoms with E-state index in [1.807, 2.05) is 12.3 Å². The highest BCUT2D eigenvalue weighted by molar-refractivity contribution is 6.19. The minimum Gasteiger partial charge on any atom is -0.264 e. The summed E-state index contributed by atoms with van der Waals surface area (Å²) in [5.41, 5.74) is 17.0. The van der Waals surface area contributed by atoms with E-state index in [-0.39, 0.29) is 0 Å². The van der Waals surface area contributed by atoms with Crippen molar-refractivity contribution < 1.29 is 0 Å². The molecule has 2 aromatic heterocycles. The highest BCUT2D eigenvalue weighted by atomic mass is 14.9. The first-order chi connectivity index (χ1) is 29.7. The molecule has 0 radical (unpaired) electrons. The van der Waals surface area contributed by atoms with Crippen LogP contribution in [0.25, 0.3) is 122 Å². The maximum atomic E-state index is 5.25. The van der Waals surface area contributed by atoms with Crippen LogP contribution in [0.15, 0.2) is 213 Å². The molecule has 0 saturated carbocycles. The van der Waals surface area contributed by atoms with Crippen molar-refractivity contribution in [1.29, 1.82) is 0 Å². The van der Waals surface area contributed by atoms with Crippen molar-refractivity contribution in [3.05, 3.63) is 213 Å². The van der Waals surface area contributed by atoms with Gasteiger partial charge in [0, 0.05) is 29.1 Å². The Labute approximate surface area is 348 Å². The summed E-state index contributed by atoms with van der Waals surface area (Å²) in [7, 11) is 0. The predicted molar refractivity (Wildman–Crippen MR) is 249 cm³/mol. The first-order valence-corrected chi connectivity index (χ1v) is 20.4. The van der Waals surface area contributed by atoms with Gasteiger partial charge in [0.25, 0.3) is 0 Å². The monoisotopic (exact) mass is 761 g/mol. The molecule has 0 atom stereocenters. The van der Waals surface area contributed by atoms with Crippen LogP contribution in [-0.4, -0.2) is 15.0 Å². The van der Waals surface area contributed by atoms with E-state index >= 15 is 0 Å². The van der Waals surface area contributed by atoms with Crippen LogP contribution in [0, 0.1) is 0 Å². The summed E-state index contributed by atoms with van der Waals surface area (Å²) in [4.78, 5) is 14.8. The lowest BCUT2D eigenvalue weighted by Crippen LogP contribution is -1.96. The molecule has 0 aliphatic heterocycles. The Balaban J connectivity index is 0.945. The van der Waals surface area contributed by atoms with Crippen LogP contribution in [0.2, 0.25) is 0 Å². The second-order valence-electron chi connectivity index (χ2n) is 15.6. The van der Waals surface area contributed by atoms with Gasteiger partial charge in [0.1, 0.15) is 0 Å². The molecule has 0 spiro atoms. The summed E-state index contributed by atoms with van der Waals surface area (Å²) in [6.07, 6.45) is 3.70. The predicted octanol–water partition coefficient (Wildman–Crippen LogP) is 15.0. The number of fused-ring (bicyclic) bond motifs is 6. The third-order valence-corrected chi connectivity index (χ3v) is 12.2. The van der Waals surface area contributed by atoms with Crippen molar-refractivity contribution in [2.75, 3.05) is 0 Å². The number of hydrogen-bond donors (Lipinski definition) is 0. The fraction of sp³-hybridized carbons (Fsp3) is 0. The summed E-state index contributed by atoms with van der Waals surface area (Å²) in [5, 5.41) is 7.61. The normalized spacial score (nSPS) is 11.7. The molecule has 11 aromatic rings. The second-order valence-corrected chi connectivity index (χ2v) is 15.6. The van der Waals surface area contributed by atoms with Gasteiger partial charge in [-0.25, -0.2) is 9.97 Å². The molecule has 2 heterocycles. The molecular formula is C57H35N3. The zero-order chi connectivity index (χ0) is 39.6. The average molecular weight is 762 g/mol. The number of benzene rings is 9. The fourth-order valence-electron chi connectivity index (χ4n) is 9.21. The standard InChI is InChI=1S/C57H35N3/c1-2-11-44-42(9-1)33-53(49-15-6-3-12-46(44)49)38-22-28-41(29-23-38)57-59-54(39-24-18-36(19-25-39)43-10-8-32-58-35-43)34-55(60-57)40-26-20-37(21-27-40)45-30-31-52-48-14-5-4-13-47(48)51-17-7-16-50(45)56(51)52/h1-35H. The number of nitrogens with zero attached hydrogens (tertiary/aromatic N) is 3. The van der Waals surface area contributed by atoms with Gasteiger partial charge in [0.2, 0.25) is 0 Å². The van der Waals surface area contributed by atoms with Crippen molar-refractivity contribution in [2.45, 2.75) is 0 Å². The van der Waals surface area contributed by atoms with E-state index < -0.39 is 0 Å². The maximum absolute atomic E-state index is 5.25. The van der Waals surface area contributed by atoms with E-state index in [1.54, 1.807) is 6.20 Å². The van der Waals surface area contributed by atoms with Gasteiger partial charge in [-0.3, -0.25) is 4.98 Å². The van der Waals surface area contributed by atoms with Crippen molar-refractivity contribution in [2.24, 2.45) is 0 Å². The van der Waals surface area contributed by atoms with Crippen molar-refractivity contribution in [3.8, 4) is 89.5 Å². The smallest absolute Gasteiger partial charge is 0.160 e. The molecule has 9 aromatic carbocycles. The van der Waals surface area contributed by atoms with Gasteiger partial charge in [-0.15, -0.1) is 0 Å². The quantitative estimate of drug-likeness (QED) is 0.158. The molecule has 3 nitrogen and oxygen atoms in total. The molecule has 1 aliphatic carbocycles.